The zero-order valence-corrected chi connectivity index (χ0v) is 15.7. The van der Waals surface area contributed by atoms with E-state index >= 15 is 0 Å². The molecule has 1 atom stereocenters. The third-order valence-corrected chi connectivity index (χ3v) is 4.26. The molecule has 1 N–H and O–H groups in total. The van der Waals surface area contributed by atoms with Crippen LogP contribution >= 0.6 is 24.8 Å². The van der Waals surface area contributed by atoms with Crippen LogP contribution in [0, 0.1) is 0 Å². The average molecular weight is 367 g/mol. The molecule has 2 heterocycles. The van der Waals surface area contributed by atoms with Gasteiger partial charge >= 0.3 is 0 Å². The number of amides is 1. The van der Waals surface area contributed by atoms with E-state index in [0.717, 1.165) is 38.3 Å². The van der Waals surface area contributed by atoms with Gasteiger partial charge in [0.1, 0.15) is 5.82 Å². The van der Waals surface area contributed by atoms with E-state index in [-0.39, 0.29) is 36.8 Å². The maximum absolute atomic E-state index is 12.2. The molecule has 0 aromatic carbocycles. The van der Waals surface area contributed by atoms with Gasteiger partial charge < -0.3 is 19.5 Å². The van der Waals surface area contributed by atoms with E-state index in [1.807, 2.05) is 31.3 Å². The summed E-state index contributed by atoms with van der Waals surface area (Å²) in [5, 5.41) is 3.01. The Hall–Kier alpha value is -0.820. The lowest BCUT2D eigenvalue weighted by atomic mass is 9.95. The van der Waals surface area contributed by atoms with E-state index in [4.69, 9.17) is 4.74 Å². The zero-order valence-electron chi connectivity index (χ0n) is 14.0. The van der Waals surface area contributed by atoms with Crippen LogP contribution < -0.4 is 5.32 Å². The summed E-state index contributed by atoms with van der Waals surface area (Å²) in [4.78, 5) is 18.6. The van der Waals surface area contributed by atoms with Crippen molar-refractivity contribution < 1.29 is 9.53 Å². The fourth-order valence-electron chi connectivity index (χ4n) is 2.81. The van der Waals surface area contributed by atoms with Crippen LogP contribution in [0.4, 0.5) is 0 Å². The van der Waals surface area contributed by atoms with Crippen molar-refractivity contribution in [2.75, 3.05) is 33.9 Å². The average Bonchev–Trinajstić information content (AvgIpc) is 3.00. The fraction of sp³-hybridized carbons (Fsp3) is 0.733. The first-order chi connectivity index (χ1) is 10.2. The molecular weight excluding hydrogens is 339 g/mol. The molecule has 0 spiro atoms. The van der Waals surface area contributed by atoms with Crippen LogP contribution in [0.3, 0.4) is 0 Å². The van der Waals surface area contributed by atoms with Crippen molar-refractivity contribution in [3.05, 3.63) is 18.2 Å². The number of likely N-dealkylation sites (tertiary alicyclic amines) is 1. The summed E-state index contributed by atoms with van der Waals surface area (Å²) in [6, 6.07) is -0.106. The van der Waals surface area contributed by atoms with Crippen LogP contribution in [0.1, 0.15) is 31.5 Å². The van der Waals surface area contributed by atoms with Crippen molar-refractivity contribution in [1.82, 2.24) is 19.8 Å². The van der Waals surface area contributed by atoms with Crippen molar-refractivity contribution in [3.63, 3.8) is 0 Å². The molecule has 0 saturated carbocycles. The highest BCUT2D eigenvalue weighted by Gasteiger charge is 2.27. The van der Waals surface area contributed by atoms with Gasteiger partial charge in [-0.2, -0.15) is 0 Å². The van der Waals surface area contributed by atoms with Gasteiger partial charge in [0.15, 0.2) is 0 Å². The number of carbonyl (C=O) groups excluding carboxylic acids is 1. The van der Waals surface area contributed by atoms with Gasteiger partial charge in [-0.25, -0.2) is 4.98 Å². The molecular formula is C15H28Cl2N4O2. The number of likely N-dealkylation sites (N-methyl/N-ethyl adjacent to an activating group) is 1. The van der Waals surface area contributed by atoms with E-state index in [1.54, 1.807) is 7.11 Å². The van der Waals surface area contributed by atoms with Crippen molar-refractivity contribution >= 4 is 30.7 Å². The third kappa shape index (κ3) is 5.64. The normalized spacial score (nSPS) is 16.4. The molecule has 0 radical (unpaired) electrons. The minimum Gasteiger partial charge on any atom is -0.383 e. The SMILES string of the molecule is CN[C@@H](C)C(=O)N1CCC(c2nccn2CCOC)CC1.Cl.Cl. The number of halogens is 2. The number of methoxy groups -OCH3 is 1. The molecule has 6 nitrogen and oxygen atoms in total. The highest BCUT2D eigenvalue weighted by atomic mass is 35.5. The first-order valence-corrected chi connectivity index (χ1v) is 7.63. The molecule has 1 aromatic heterocycles. The van der Waals surface area contributed by atoms with Gasteiger partial charge in [0, 0.05) is 45.1 Å². The van der Waals surface area contributed by atoms with Crippen LogP contribution in [-0.4, -0.2) is 60.3 Å². The lowest BCUT2D eigenvalue weighted by Crippen LogP contribution is -2.46. The predicted octanol–water partition coefficient (Wildman–Crippen LogP) is 1.69. The Kier molecular flexibility index (Phi) is 10.5. The predicted molar refractivity (Wildman–Crippen MR) is 95.7 cm³/mol. The lowest BCUT2D eigenvalue weighted by Gasteiger charge is -2.33. The van der Waals surface area contributed by atoms with E-state index in [9.17, 15) is 4.79 Å². The molecule has 1 aromatic rings. The minimum absolute atomic E-state index is 0. The summed E-state index contributed by atoms with van der Waals surface area (Å²) in [6.45, 7) is 5.06. The van der Waals surface area contributed by atoms with Crippen molar-refractivity contribution in [3.8, 4) is 0 Å². The first-order valence-electron chi connectivity index (χ1n) is 7.63. The molecule has 2 rings (SSSR count). The van der Waals surface area contributed by atoms with Gasteiger partial charge in [0.2, 0.25) is 5.91 Å². The van der Waals surface area contributed by atoms with Crippen LogP contribution in [0.2, 0.25) is 0 Å². The first kappa shape index (κ1) is 22.2. The molecule has 8 heteroatoms. The summed E-state index contributed by atoms with van der Waals surface area (Å²) in [5.41, 5.74) is 0. The molecule has 0 unspecified atom stereocenters. The number of rotatable bonds is 6. The minimum atomic E-state index is -0.106. The highest BCUT2D eigenvalue weighted by Crippen LogP contribution is 2.27. The lowest BCUT2D eigenvalue weighted by molar-refractivity contribution is -0.134. The fourth-order valence-corrected chi connectivity index (χ4v) is 2.81. The smallest absolute Gasteiger partial charge is 0.239 e. The number of nitrogens with one attached hydrogen (secondary N) is 1. The second kappa shape index (κ2) is 10.9. The van der Waals surface area contributed by atoms with Crippen LogP contribution in [0.15, 0.2) is 12.4 Å². The maximum Gasteiger partial charge on any atom is 0.239 e. The molecule has 1 saturated heterocycles. The monoisotopic (exact) mass is 366 g/mol. The summed E-state index contributed by atoms with van der Waals surface area (Å²) >= 11 is 0. The standard InChI is InChI=1S/C15H26N4O2.2ClH/c1-12(16-2)15(20)19-7-4-13(5-8-19)14-17-6-9-18(14)10-11-21-3;;/h6,9,12-13,16H,4-5,7-8,10-11H2,1-3H3;2*1H/t12-;;/m0../s1. The van der Waals surface area contributed by atoms with Gasteiger partial charge in [0.25, 0.3) is 0 Å². The molecule has 1 aliphatic rings. The van der Waals surface area contributed by atoms with Gasteiger partial charge in [-0.3, -0.25) is 4.79 Å². The van der Waals surface area contributed by atoms with E-state index in [0.29, 0.717) is 12.5 Å². The molecule has 1 aliphatic heterocycles. The van der Waals surface area contributed by atoms with Gasteiger partial charge in [-0.05, 0) is 26.8 Å². The van der Waals surface area contributed by atoms with E-state index in [1.165, 1.54) is 0 Å². The van der Waals surface area contributed by atoms with E-state index < -0.39 is 0 Å². The van der Waals surface area contributed by atoms with Crippen LogP contribution in [-0.2, 0) is 16.1 Å². The third-order valence-electron chi connectivity index (χ3n) is 4.26. The molecule has 23 heavy (non-hydrogen) atoms. The Morgan fingerprint density at radius 1 is 1.43 bits per heavy atom. The Morgan fingerprint density at radius 2 is 2.09 bits per heavy atom. The molecule has 0 bridgehead atoms. The Morgan fingerprint density at radius 3 is 2.65 bits per heavy atom. The number of nitrogens with zero attached hydrogens (tertiary/aromatic N) is 3. The van der Waals surface area contributed by atoms with Crippen molar-refractivity contribution in [1.29, 1.82) is 0 Å². The number of piperidine rings is 1. The van der Waals surface area contributed by atoms with Crippen molar-refractivity contribution in [2.24, 2.45) is 0 Å². The molecule has 0 aliphatic carbocycles. The topological polar surface area (TPSA) is 59.4 Å². The summed E-state index contributed by atoms with van der Waals surface area (Å²) in [6.07, 6.45) is 5.82. The van der Waals surface area contributed by atoms with Gasteiger partial charge in [0.05, 0.1) is 12.6 Å². The number of imidazole rings is 1. The second-order valence-electron chi connectivity index (χ2n) is 5.58. The van der Waals surface area contributed by atoms with E-state index in [2.05, 4.69) is 14.9 Å². The largest absolute Gasteiger partial charge is 0.383 e. The highest BCUT2D eigenvalue weighted by molar-refractivity contribution is 5.85. The second-order valence-corrected chi connectivity index (χ2v) is 5.58. The molecule has 1 amide bonds. The summed E-state index contributed by atoms with van der Waals surface area (Å²) < 4.78 is 7.30. The maximum atomic E-state index is 12.2. The van der Waals surface area contributed by atoms with Gasteiger partial charge in [-0.15, -0.1) is 24.8 Å². The number of hydrogen-bond acceptors (Lipinski definition) is 4. The number of hydrogen-bond donors (Lipinski definition) is 1. The Labute approximate surface area is 150 Å². The summed E-state index contributed by atoms with van der Waals surface area (Å²) in [5.74, 6) is 1.75. The number of aromatic nitrogens is 2. The Bertz CT molecular complexity index is 462. The summed E-state index contributed by atoms with van der Waals surface area (Å²) in [7, 11) is 3.53. The number of ether oxygens (including phenoxy) is 1. The number of carbonyl (C=O) groups is 1. The molecule has 1 fully saturated rings. The van der Waals surface area contributed by atoms with Crippen molar-refractivity contribution in [2.45, 2.75) is 38.3 Å². The quantitative estimate of drug-likeness (QED) is 0.831. The van der Waals surface area contributed by atoms with Crippen LogP contribution in [0.25, 0.3) is 0 Å². The Balaban J connectivity index is 0.00000242. The zero-order chi connectivity index (χ0) is 15.2. The molecule has 134 valence electrons. The van der Waals surface area contributed by atoms with Crippen LogP contribution in [0.5, 0.6) is 0 Å². The van der Waals surface area contributed by atoms with Gasteiger partial charge in [-0.1, -0.05) is 0 Å².